The highest BCUT2D eigenvalue weighted by atomic mass is 32.1. The molecule has 1 amide bonds. The van der Waals surface area contributed by atoms with Gasteiger partial charge in [0.1, 0.15) is 11.6 Å². The first kappa shape index (κ1) is 18.8. The van der Waals surface area contributed by atoms with E-state index < -0.39 is 0 Å². The van der Waals surface area contributed by atoms with E-state index in [9.17, 15) is 9.18 Å². The summed E-state index contributed by atoms with van der Waals surface area (Å²) in [6.45, 7) is 1.87. The molecule has 4 nitrogen and oxygen atoms in total. The van der Waals surface area contributed by atoms with Crippen molar-refractivity contribution in [1.82, 2.24) is 9.78 Å². The molecule has 0 spiro atoms. The Kier molecular flexibility index (Phi) is 5.35. The quantitative estimate of drug-likeness (QED) is 0.444. The number of thiophene rings is 1. The average molecular weight is 403 g/mol. The van der Waals surface area contributed by atoms with E-state index in [-0.39, 0.29) is 11.7 Å². The molecule has 144 valence electrons. The van der Waals surface area contributed by atoms with Gasteiger partial charge in [-0.25, -0.2) is 9.07 Å². The second kappa shape index (κ2) is 8.24. The SMILES string of the molecule is Cc1cc(NC(=O)C(=Cc2cccs2)c2ccc(F)cc2)n(-c2ccccc2)n1. The van der Waals surface area contributed by atoms with Crippen LogP contribution in [0.15, 0.2) is 78.2 Å². The van der Waals surface area contributed by atoms with Gasteiger partial charge < -0.3 is 5.32 Å². The maximum Gasteiger partial charge on any atom is 0.257 e. The lowest BCUT2D eigenvalue weighted by Gasteiger charge is -2.11. The summed E-state index contributed by atoms with van der Waals surface area (Å²) in [5.74, 6) is -0.0672. The summed E-state index contributed by atoms with van der Waals surface area (Å²) in [7, 11) is 0. The topological polar surface area (TPSA) is 46.9 Å². The Labute approximate surface area is 171 Å². The molecular formula is C23H18FN3OS. The maximum absolute atomic E-state index is 13.4. The number of carbonyl (C=O) groups excluding carboxylic acids is 1. The largest absolute Gasteiger partial charge is 0.306 e. The van der Waals surface area contributed by atoms with E-state index >= 15 is 0 Å². The zero-order valence-corrected chi connectivity index (χ0v) is 16.5. The van der Waals surface area contributed by atoms with Crippen molar-refractivity contribution in [3.05, 3.63) is 100 Å². The lowest BCUT2D eigenvalue weighted by atomic mass is 10.0. The molecule has 0 saturated carbocycles. The minimum atomic E-state index is -0.345. The highest BCUT2D eigenvalue weighted by molar-refractivity contribution is 7.11. The summed E-state index contributed by atoms with van der Waals surface area (Å²) < 4.78 is 15.1. The second-order valence-electron chi connectivity index (χ2n) is 6.45. The average Bonchev–Trinajstić information content (AvgIpc) is 3.37. The molecule has 0 radical (unpaired) electrons. The van der Waals surface area contributed by atoms with E-state index in [0.29, 0.717) is 17.0 Å². The van der Waals surface area contributed by atoms with E-state index in [1.807, 2.05) is 66.9 Å². The molecule has 4 rings (SSSR count). The lowest BCUT2D eigenvalue weighted by Crippen LogP contribution is -2.16. The number of hydrogen-bond donors (Lipinski definition) is 1. The summed E-state index contributed by atoms with van der Waals surface area (Å²) in [6.07, 6.45) is 1.81. The molecule has 4 aromatic rings. The maximum atomic E-state index is 13.4. The van der Waals surface area contributed by atoms with E-state index in [1.165, 1.54) is 23.5 Å². The van der Waals surface area contributed by atoms with Crippen LogP contribution in [-0.4, -0.2) is 15.7 Å². The number of rotatable bonds is 5. The van der Waals surface area contributed by atoms with Gasteiger partial charge in [-0.2, -0.15) is 5.10 Å². The predicted octanol–water partition coefficient (Wildman–Crippen LogP) is 5.56. The van der Waals surface area contributed by atoms with Crippen LogP contribution in [0.25, 0.3) is 17.3 Å². The molecule has 0 unspecified atom stereocenters. The number of para-hydroxylation sites is 1. The standard InChI is InChI=1S/C23H18FN3OS/c1-16-14-22(27(26-16)19-6-3-2-4-7-19)25-23(28)21(15-20-8-5-13-29-20)17-9-11-18(24)12-10-17/h2-15H,1H3,(H,25,28). The van der Waals surface area contributed by atoms with Crippen LogP contribution < -0.4 is 5.32 Å². The van der Waals surface area contributed by atoms with Crippen molar-refractivity contribution in [2.24, 2.45) is 0 Å². The smallest absolute Gasteiger partial charge is 0.257 e. The highest BCUT2D eigenvalue weighted by Gasteiger charge is 2.16. The second-order valence-corrected chi connectivity index (χ2v) is 7.43. The lowest BCUT2D eigenvalue weighted by molar-refractivity contribution is -0.111. The van der Waals surface area contributed by atoms with Crippen LogP contribution in [0.2, 0.25) is 0 Å². The number of benzene rings is 2. The molecule has 0 saturated heterocycles. The first-order valence-electron chi connectivity index (χ1n) is 9.05. The van der Waals surface area contributed by atoms with E-state index in [1.54, 1.807) is 16.8 Å². The van der Waals surface area contributed by atoms with E-state index in [0.717, 1.165) is 16.3 Å². The number of nitrogens with zero attached hydrogens (tertiary/aromatic N) is 2. The van der Waals surface area contributed by atoms with Gasteiger partial charge in [-0.15, -0.1) is 11.3 Å². The van der Waals surface area contributed by atoms with E-state index in [2.05, 4.69) is 10.4 Å². The molecule has 2 aromatic carbocycles. The molecule has 2 aromatic heterocycles. The zero-order chi connectivity index (χ0) is 20.2. The van der Waals surface area contributed by atoms with Crippen LogP contribution >= 0.6 is 11.3 Å². The Morgan fingerprint density at radius 1 is 1.07 bits per heavy atom. The number of anilines is 1. The highest BCUT2D eigenvalue weighted by Crippen LogP contribution is 2.24. The number of aromatic nitrogens is 2. The van der Waals surface area contributed by atoms with Gasteiger partial charge in [0.25, 0.3) is 5.91 Å². The van der Waals surface area contributed by atoms with Crippen LogP contribution in [0.3, 0.4) is 0 Å². The zero-order valence-electron chi connectivity index (χ0n) is 15.7. The van der Waals surface area contributed by atoms with Crippen molar-refractivity contribution >= 4 is 34.7 Å². The number of aryl methyl sites for hydroxylation is 1. The van der Waals surface area contributed by atoms with Gasteiger partial charge in [0.05, 0.1) is 11.4 Å². The molecule has 29 heavy (non-hydrogen) atoms. The normalized spacial score (nSPS) is 11.4. The molecule has 1 N–H and O–H groups in total. The van der Waals surface area contributed by atoms with Gasteiger partial charge >= 0.3 is 0 Å². The third kappa shape index (κ3) is 4.33. The summed E-state index contributed by atoms with van der Waals surface area (Å²) in [5, 5.41) is 9.39. The van der Waals surface area contributed by atoms with Crippen LogP contribution in [-0.2, 0) is 4.79 Å². The van der Waals surface area contributed by atoms with Crippen molar-refractivity contribution in [2.75, 3.05) is 5.32 Å². The predicted molar refractivity (Wildman–Crippen MR) is 116 cm³/mol. The van der Waals surface area contributed by atoms with Crippen LogP contribution in [0, 0.1) is 12.7 Å². The molecule has 0 atom stereocenters. The van der Waals surface area contributed by atoms with Gasteiger partial charge in [-0.05, 0) is 54.3 Å². The number of amides is 1. The monoisotopic (exact) mass is 403 g/mol. The number of halogens is 1. The Hall–Kier alpha value is -3.51. The number of nitrogens with one attached hydrogen (secondary N) is 1. The first-order chi connectivity index (χ1) is 14.1. The molecular weight excluding hydrogens is 385 g/mol. The minimum Gasteiger partial charge on any atom is -0.306 e. The third-order valence-corrected chi connectivity index (χ3v) is 5.12. The molecule has 6 heteroatoms. The molecule has 0 aliphatic rings. The minimum absolute atomic E-state index is 0.290. The van der Waals surface area contributed by atoms with Crippen LogP contribution in [0.1, 0.15) is 16.1 Å². The van der Waals surface area contributed by atoms with Crippen molar-refractivity contribution in [3.63, 3.8) is 0 Å². The molecule has 2 heterocycles. The van der Waals surface area contributed by atoms with Crippen LogP contribution in [0.4, 0.5) is 10.2 Å². The van der Waals surface area contributed by atoms with Crippen molar-refractivity contribution < 1.29 is 9.18 Å². The Morgan fingerprint density at radius 2 is 1.83 bits per heavy atom. The third-order valence-electron chi connectivity index (χ3n) is 4.30. The Bertz CT molecular complexity index is 1150. The van der Waals surface area contributed by atoms with Gasteiger partial charge in [0.2, 0.25) is 0 Å². The van der Waals surface area contributed by atoms with Gasteiger partial charge in [0.15, 0.2) is 0 Å². The van der Waals surface area contributed by atoms with Crippen molar-refractivity contribution in [3.8, 4) is 5.69 Å². The fourth-order valence-electron chi connectivity index (χ4n) is 2.96. The molecule has 0 bridgehead atoms. The summed E-state index contributed by atoms with van der Waals surface area (Å²) >= 11 is 1.53. The summed E-state index contributed by atoms with van der Waals surface area (Å²) in [5.41, 5.74) is 2.72. The Morgan fingerprint density at radius 3 is 2.52 bits per heavy atom. The van der Waals surface area contributed by atoms with Crippen molar-refractivity contribution in [1.29, 1.82) is 0 Å². The molecule has 0 aliphatic heterocycles. The summed E-state index contributed by atoms with van der Waals surface area (Å²) in [6, 6.07) is 21.2. The van der Waals surface area contributed by atoms with Gasteiger partial charge in [-0.3, -0.25) is 4.79 Å². The fourth-order valence-corrected chi connectivity index (χ4v) is 3.62. The fraction of sp³-hybridized carbons (Fsp3) is 0.0435. The van der Waals surface area contributed by atoms with Crippen LogP contribution in [0.5, 0.6) is 0 Å². The van der Waals surface area contributed by atoms with Crippen molar-refractivity contribution in [2.45, 2.75) is 6.92 Å². The Balaban J connectivity index is 1.70. The molecule has 0 aliphatic carbocycles. The number of carbonyl (C=O) groups is 1. The van der Waals surface area contributed by atoms with Gasteiger partial charge in [0, 0.05) is 16.5 Å². The first-order valence-corrected chi connectivity index (χ1v) is 9.93. The van der Waals surface area contributed by atoms with Gasteiger partial charge in [-0.1, -0.05) is 36.4 Å². The van der Waals surface area contributed by atoms with E-state index in [4.69, 9.17) is 0 Å². The number of hydrogen-bond acceptors (Lipinski definition) is 3. The summed E-state index contributed by atoms with van der Waals surface area (Å²) in [4.78, 5) is 14.1. The molecule has 0 fully saturated rings.